The summed E-state index contributed by atoms with van der Waals surface area (Å²) in [6.45, 7) is 5.88. The van der Waals surface area contributed by atoms with Crippen LogP contribution in [0, 0.1) is 18.3 Å². The number of nitrogens with zero attached hydrogens (tertiary/aromatic N) is 2. The van der Waals surface area contributed by atoms with Gasteiger partial charge in [-0.25, -0.2) is 8.42 Å². The predicted molar refractivity (Wildman–Crippen MR) is 111 cm³/mol. The maximum Gasteiger partial charge on any atom is 0.177 e. The van der Waals surface area contributed by atoms with Gasteiger partial charge in [-0.15, -0.1) is 24.8 Å². The van der Waals surface area contributed by atoms with Gasteiger partial charge in [-0.2, -0.15) is 5.26 Å². The number of pyridine rings is 1. The van der Waals surface area contributed by atoms with Gasteiger partial charge in [-0.1, -0.05) is 0 Å². The fraction of sp³-hybridized carbons (Fsp3) is 0.333. The highest BCUT2D eigenvalue weighted by Crippen LogP contribution is 2.40. The van der Waals surface area contributed by atoms with Crippen LogP contribution in [0.25, 0.3) is 11.1 Å². The second kappa shape index (κ2) is 9.90. The van der Waals surface area contributed by atoms with Gasteiger partial charge in [0.15, 0.2) is 9.84 Å². The molecule has 1 atom stereocenters. The van der Waals surface area contributed by atoms with Gasteiger partial charge in [-0.3, -0.25) is 4.98 Å². The number of rotatable bonds is 5. The number of aryl methyl sites for hydroxylation is 1. The molecule has 0 fully saturated rings. The standard InChI is InChI=1S/C18H21N3O3S.2ClH/c1-5-24-18-15(12(3)20)6-11(2)16(8-19)17(18)13-7-14(10-21-9-13)25(4,22)23;;/h6-7,9-10,12H,5,20H2,1-4H3;2*1H. The molecule has 148 valence electrons. The van der Waals surface area contributed by atoms with Crippen molar-refractivity contribution in [3.63, 3.8) is 0 Å². The van der Waals surface area contributed by atoms with Crippen LogP contribution in [0.2, 0.25) is 0 Å². The van der Waals surface area contributed by atoms with Crippen LogP contribution in [-0.2, 0) is 9.84 Å². The molecule has 1 aromatic heterocycles. The Morgan fingerprint density at radius 3 is 2.41 bits per heavy atom. The van der Waals surface area contributed by atoms with Crippen molar-refractivity contribution >= 4 is 34.7 Å². The zero-order valence-electron chi connectivity index (χ0n) is 15.5. The molecule has 27 heavy (non-hydrogen) atoms. The normalized spacial score (nSPS) is 11.6. The fourth-order valence-electron chi connectivity index (χ4n) is 2.64. The third-order valence-corrected chi connectivity index (χ3v) is 4.91. The van der Waals surface area contributed by atoms with Crippen LogP contribution in [0.5, 0.6) is 5.75 Å². The van der Waals surface area contributed by atoms with Crippen LogP contribution in [-0.4, -0.2) is 26.3 Å². The number of hydrogen-bond acceptors (Lipinski definition) is 6. The lowest BCUT2D eigenvalue weighted by Crippen LogP contribution is -2.11. The summed E-state index contributed by atoms with van der Waals surface area (Å²) in [6, 6.07) is 5.22. The maximum atomic E-state index is 11.9. The number of nitriles is 1. The average molecular weight is 432 g/mol. The quantitative estimate of drug-likeness (QED) is 0.774. The van der Waals surface area contributed by atoms with Crippen molar-refractivity contribution < 1.29 is 13.2 Å². The number of benzene rings is 1. The molecule has 2 N–H and O–H groups in total. The number of ether oxygens (including phenoxy) is 1. The molecular weight excluding hydrogens is 409 g/mol. The highest BCUT2D eigenvalue weighted by molar-refractivity contribution is 7.90. The molecule has 0 aliphatic carbocycles. The van der Waals surface area contributed by atoms with Crippen LogP contribution < -0.4 is 10.5 Å². The highest BCUT2D eigenvalue weighted by atomic mass is 35.5. The third-order valence-electron chi connectivity index (χ3n) is 3.83. The maximum absolute atomic E-state index is 11.9. The van der Waals surface area contributed by atoms with E-state index < -0.39 is 9.84 Å². The van der Waals surface area contributed by atoms with E-state index in [4.69, 9.17) is 10.5 Å². The van der Waals surface area contributed by atoms with Gasteiger partial charge in [0.2, 0.25) is 0 Å². The summed E-state index contributed by atoms with van der Waals surface area (Å²) in [5.41, 5.74) is 9.03. The Kier molecular flexibility index (Phi) is 9.23. The minimum Gasteiger partial charge on any atom is -0.493 e. The lowest BCUT2D eigenvalue weighted by Gasteiger charge is -2.20. The number of halogens is 2. The molecule has 6 nitrogen and oxygen atoms in total. The molecule has 2 aromatic rings. The molecule has 2 rings (SSSR count). The van der Waals surface area contributed by atoms with Crippen molar-refractivity contribution in [2.75, 3.05) is 12.9 Å². The van der Waals surface area contributed by atoms with Gasteiger partial charge in [0.1, 0.15) is 11.8 Å². The van der Waals surface area contributed by atoms with Crippen molar-refractivity contribution in [2.45, 2.75) is 31.7 Å². The Hall–Kier alpha value is -1.85. The van der Waals surface area contributed by atoms with Gasteiger partial charge in [-0.05, 0) is 38.5 Å². The molecule has 1 heterocycles. The second-order valence-electron chi connectivity index (χ2n) is 5.88. The van der Waals surface area contributed by atoms with Crippen molar-refractivity contribution in [2.24, 2.45) is 5.73 Å². The molecule has 0 radical (unpaired) electrons. The largest absolute Gasteiger partial charge is 0.493 e. The summed E-state index contributed by atoms with van der Waals surface area (Å²) in [6.07, 6.45) is 3.93. The van der Waals surface area contributed by atoms with E-state index in [9.17, 15) is 13.7 Å². The smallest absolute Gasteiger partial charge is 0.177 e. The zero-order chi connectivity index (χ0) is 18.8. The number of sulfone groups is 1. The molecular formula is C18H23Cl2N3O3S. The summed E-state index contributed by atoms with van der Waals surface area (Å²) in [5.74, 6) is 0.493. The average Bonchev–Trinajstić information content (AvgIpc) is 2.55. The Balaban J connectivity index is 0.00000338. The highest BCUT2D eigenvalue weighted by Gasteiger charge is 2.22. The van der Waals surface area contributed by atoms with E-state index in [1.807, 2.05) is 26.8 Å². The molecule has 0 saturated carbocycles. The van der Waals surface area contributed by atoms with Gasteiger partial charge < -0.3 is 10.5 Å². The van der Waals surface area contributed by atoms with Crippen LogP contribution in [0.4, 0.5) is 0 Å². The van der Waals surface area contributed by atoms with Gasteiger partial charge >= 0.3 is 0 Å². The minimum absolute atomic E-state index is 0. The van der Waals surface area contributed by atoms with Crippen molar-refractivity contribution in [1.82, 2.24) is 4.98 Å². The van der Waals surface area contributed by atoms with Crippen LogP contribution >= 0.6 is 24.8 Å². The number of nitrogens with two attached hydrogens (primary N) is 1. The summed E-state index contributed by atoms with van der Waals surface area (Å²) < 4.78 is 29.5. The Bertz CT molecular complexity index is 955. The Morgan fingerprint density at radius 1 is 1.30 bits per heavy atom. The third kappa shape index (κ3) is 5.33. The first kappa shape index (κ1) is 25.1. The summed E-state index contributed by atoms with van der Waals surface area (Å²) in [5, 5.41) is 9.64. The zero-order valence-corrected chi connectivity index (χ0v) is 18.0. The molecule has 0 aliphatic heterocycles. The van der Waals surface area contributed by atoms with Crippen molar-refractivity contribution in [3.8, 4) is 22.9 Å². The van der Waals surface area contributed by atoms with Crippen LogP contribution in [0.3, 0.4) is 0 Å². The summed E-state index contributed by atoms with van der Waals surface area (Å²) in [4.78, 5) is 4.12. The molecule has 1 aromatic carbocycles. The van der Waals surface area contributed by atoms with E-state index in [0.29, 0.717) is 29.0 Å². The predicted octanol–water partition coefficient (Wildman–Crippen LogP) is 3.59. The van der Waals surface area contributed by atoms with Gasteiger partial charge in [0.05, 0.1) is 17.1 Å². The van der Waals surface area contributed by atoms with E-state index in [0.717, 1.165) is 17.4 Å². The van der Waals surface area contributed by atoms with Crippen molar-refractivity contribution in [3.05, 3.63) is 41.2 Å². The van der Waals surface area contributed by atoms with E-state index in [1.165, 1.54) is 18.5 Å². The van der Waals surface area contributed by atoms with Crippen molar-refractivity contribution in [1.29, 1.82) is 5.26 Å². The summed E-state index contributed by atoms with van der Waals surface area (Å²) in [7, 11) is -3.43. The van der Waals surface area contributed by atoms with E-state index in [2.05, 4.69) is 11.1 Å². The van der Waals surface area contributed by atoms with E-state index in [-0.39, 0.29) is 35.8 Å². The van der Waals surface area contributed by atoms with E-state index >= 15 is 0 Å². The first-order chi connectivity index (χ1) is 11.7. The fourth-order valence-corrected chi connectivity index (χ4v) is 3.24. The monoisotopic (exact) mass is 431 g/mol. The van der Waals surface area contributed by atoms with E-state index in [1.54, 1.807) is 0 Å². The number of hydrogen-bond donors (Lipinski definition) is 1. The first-order valence-electron chi connectivity index (χ1n) is 7.82. The SMILES string of the molecule is CCOc1c(C(C)N)cc(C)c(C#N)c1-c1cncc(S(C)(=O)=O)c1.Cl.Cl. The lowest BCUT2D eigenvalue weighted by molar-refractivity contribution is 0.336. The van der Waals surface area contributed by atoms with Gasteiger partial charge in [0.25, 0.3) is 0 Å². The molecule has 0 bridgehead atoms. The Labute approximate surface area is 172 Å². The van der Waals surface area contributed by atoms with Gasteiger partial charge in [0, 0.05) is 41.4 Å². The topological polar surface area (TPSA) is 106 Å². The second-order valence-corrected chi connectivity index (χ2v) is 7.89. The molecule has 9 heteroatoms. The van der Waals surface area contributed by atoms with Crippen LogP contribution in [0.1, 0.15) is 36.6 Å². The Morgan fingerprint density at radius 2 is 1.93 bits per heavy atom. The number of aromatic nitrogens is 1. The lowest BCUT2D eigenvalue weighted by atomic mass is 9.91. The minimum atomic E-state index is -3.43. The molecule has 0 spiro atoms. The molecule has 0 aliphatic rings. The summed E-state index contributed by atoms with van der Waals surface area (Å²) >= 11 is 0. The molecule has 0 amide bonds. The van der Waals surface area contributed by atoms with Crippen LogP contribution in [0.15, 0.2) is 29.4 Å². The molecule has 0 saturated heterocycles. The first-order valence-corrected chi connectivity index (χ1v) is 9.71. The molecule has 1 unspecified atom stereocenters.